The maximum atomic E-state index is 12.6. The van der Waals surface area contributed by atoms with Crippen molar-refractivity contribution in [1.29, 1.82) is 0 Å². The second kappa shape index (κ2) is 11.9. The molecule has 5 nitrogen and oxygen atoms in total. The predicted octanol–water partition coefficient (Wildman–Crippen LogP) is 7.36. The summed E-state index contributed by atoms with van der Waals surface area (Å²) in [6.45, 7) is 8.31. The minimum absolute atomic E-state index is 0.109. The molecule has 1 aliphatic carbocycles. The minimum Gasteiger partial charge on any atom is -0.508 e. The molecule has 0 saturated carbocycles. The van der Waals surface area contributed by atoms with Crippen LogP contribution in [0, 0.1) is 5.92 Å². The first-order valence-corrected chi connectivity index (χ1v) is 16.2. The summed E-state index contributed by atoms with van der Waals surface area (Å²) in [6, 6.07) is 14.2. The Labute approximate surface area is 253 Å². The van der Waals surface area contributed by atoms with Crippen LogP contribution in [0.4, 0.5) is 4.39 Å². The molecule has 222 valence electrons. The van der Waals surface area contributed by atoms with Crippen molar-refractivity contribution in [2.24, 2.45) is 5.92 Å². The third-order valence-corrected chi connectivity index (χ3v) is 10.1. The Hall–Kier alpha value is -3.03. The van der Waals surface area contributed by atoms with Crippen LogP contribution >= 0.6 is 11.8 Å². The molecule has 2 fully saturated rings. The Bertz CT molecular complexity index is 1440. The van der Waals surface area contributed by atoms with Gasteiger partial charge in [0.05, 0.1) is 6.67 Å². The average molecular weight is 589 g/mol. The van der Waals surface area contributed by atoms with E-state index in [1.165, 1.54) is 16.7 Å². The number of carbonyl (C=O) groups is 1. The fraction of sp³-hybridized carbons (Fsp3) is 0.457. The van der Waals surface area contributed by atoms with Crippen LogP contribution < -0.4 is 4.74 Å². The van der Waals surface area contributed by atoms with Gasteiger partial charge in [0.15, 0.2) is 0 Å². The number of amides is 1. The number of benzene rings is 2. The lowest BCUT2D eigenvalue weighted by atomic mass is 9.80. The number of ether oxygens (including phenoxy) is 1. The van der Waals surface area contributed by atoms with E-state index in [2.05, 4.69) is 55.2 Å². The molecule has 1 unspecified atom stereocenters. The second-order valence-corrected chi connectivity index (χ2v) is 13.7. The van der Waals surface area contributed by atoms with E-state index in [1.807, 2.05) is 17.0 Å². The summed E-state index contributed by atoms with van der Waals surface area (Å²) in [5, 5.41) is 10.3. The zero-order valence-electron chi connectivity index (χ0n) is 24.9. The van der Waals surface area contributed by atoms with Crippen LogP contribution in [0.25, 0.3) is 5.57 Å². The van der Waals surface area contributed by atoms with Crippen molar-refractivity contribution in [3.63, 3.8) is 0 Å². The molecular weight excluding hydrogens is 547 g/mol. The van der Waals surface area contributed by atoms with Crippen molar-refractivity contribution in [2.45, 2.75) is 69.4 Å². The largest absolute Gasteiger partial charge is 0.508 e. The van der Waals surface area contributed by atoms with Gasteiger partial charge in [0, 0.05) is 54.4 Å². The Morgan fingerprint density at radius 1 is 1.17 bits per heavy atom. The molecule has 4 aliphatic rings. The molecule has 3 heterocycles. The molecule has 7 heteroatoms. The fourth-order valence-corrected chi connectivity index (χ4v) is 8.44. The number of phenols is 1. The highest BCUT2D eigenvalue weighted by Crippen LogP contribution is 2.49. The summed E-state index contributed by atoms with van der Waals surface area (Å²) in [5.74, 6) is 2.50. The summed E-state index contributed by atoms with van der Waals surface area (Å²) in [6.07, 6.45) is 8.87. The molecule has 0 spiro atoms. The number of allylic oxidation sites excluding steroid dienone is 5. The molecular formula is C35H41FN2O3S. The number of nitrogens with zero attached hydrogens (tertiary/aromatic N) is 2. The lowest BCUT2D eigenvalue weighted by Gasteiger charge is -2.31. The fourth-order valence-electron chi connectivity index (χ4n) is 7.38. The molecule has 0 radical (unpaired) electrons. The first kappa shape index (κ1) is 29.1. The van der Waals surface area contributed by atoms with Crippen LogP contribution in [0.5, 0.6) is 11.5 Å². The van der Waals surface area contributed by atoms with E-state index in [1.54, 1.807) is 24.8 Å². The number of halogens is 1. The average Bonchev–Trinajstić information content (AvgIpc) is 3.45. The predicted molar refractivity (Wildman–Crippen MR) is 167 cm³/mol. The number of rotatable bonds is 7. The number of phenolic OH excluding ortho intramolecular Hbond substituents is 1. The molecule has 42 heavy (non-hydrogen) atoms. The first-order valence-electron chi connectivity index (χ1n) is 15.2. The topological polar surface area (TPSA) is 53.0 Å². The molecule has 2 aromatic carbocycles. The standard InChI is InChI=1S/C35H41FN2O3S/c1-23(39)38-32-12-7-25(19-26(32)21-35(38,2)3)30-14-18-42-33-20-27(40)8-11-31(33)34(30)24-5-9-28(10-6-24)41-29-13-17-37(22-29)16-4-15-36/h5-12,20,26,29,40H,4,13-19,21-22H2,1-3H3/t26?,29-/m0/s1. The van der Waals surface area contributed by atoms with Gasteiger partial charge >= 0.3 is 0 Å². The molecule has 0 bridgehead atoms. The molecule has 1 N–H and O–H groups in total. The van der Waals surface area contributed by atoms with Crippen molar-refractivity contribution >= 4 is 23.2 Å². The third kappa shape index (κ3) is 5.78. The van der Waals surface area contributed by atoms with E-state index < -0.39 is 0 Å². The number of carbonyl (C=O) groups excluding carboxylic acids is 1. The summed E-state index contributed by atoms with van der Waals surface area (Å²) >= 11 is 1.79. The van der Waals surface area contributed by atoms with Gasteiger partial charge in [-0.25, -0.2) is 0 Å². The zero-order valence-corrected chi connectivity index (χ0v) is 25.7. The maximum Gasteiger partial charge on any atom is 0.224 e. The highest BCUT2D eigenvalue weighted by Gasteiger charge is 2.45. The molecule has 2 aromatic rings. The number of hydrogen-bond acceptors (Lipinski definition) is 5. The van der Waals surface area contributed by atoms with Gasteiger partial charge in [0.25, 0.3) is 0 Å². The van der Waals surface area contributed by atoms with Crippen LogP contribution in [0.3, 0.4) is 0 Å². The van der Waals surface area contributed by atoms with Crippen LogP contribution in [0.15, 0.2) is 76.4 Å². The molecule has 3 aliphatic heterocycles. The van der Waals surface area contributed by atoms with E-state index in [4.69, 9.17) is 4.74 Å². The van der Waals surface area contributed by atoms with E-state index in [9.17, 15) is 14.3 Å². The molecule has 2 saturated heterocycles. The van der Waals surface area contributed by atoms with Crippen LogP contribution in [0.1, 0.15) is 64.0 Å². The van der Waals surface area contributed by atoms with E-state index in [0.29, 0.717) is 12.3 Å². The van der Waals surface area contributed by atoms with Crippen LogP contribution in [-0.4, -0.2) is 64.5 Å². The van der Waals surface area contributed by atoms with Gasteiger partial charge in [-0.2, -0.15) is 0 Å². The smallest absolute Gasteiger partial charge is 0.224 e. The third-order valence-electron chi connectivity index (χ3n) is 9.08. The summed E-state index contributed by atoms with van der Waals surface area (Å²) < 4.78 is 18.9. The van der Waals surface area contributed by atoms with Crippen molar-refractivity contribution in [1.82, 2.24) is 9.80 Å². The van der Waals surface area contributed by atoms with E-state index >= 15 is 0 Å². The van der Waals surface area contributed by atoms with Gasteiger partial charge in [0.2, 0.25) is 5.91 Å². The number of thioether (sulfide) groups is 1. The van der Waals surface area contributed by atoms with Gasteiger partial charge in [0.1, 0.15) is 17.6 Å². The van der Waals surface area contributed by atoms with Crippen molar-refractivity contribution < 1.29 is 19.0 Å². The normalized spacial score (nSPS) is 23.7. The Morgan fingerprint density at radius 2 is 1.98 bits per heavy atom. The first-order chi connectivity index (χ1) is 20.2. The number of alkyl halides is 1. The monoisotopic (exact) mass is 588 g/mol. The molecule has 2 atom stereocenters. The minimum atomic E-state index is -0.271. The quantitative estimate of drug-likeness (QED) is 0.366. The SMILES string of the molecule is CC(=O)N1C2=CC=C(C3=C(c4ccc(O[C@H]5CCN(CCCF)C5)cc4)c4ccc(O)cc4SCC3)CC2CC1(C)C. The summed E-state index contributed by atoms with van der Waals surface area (Å²) in [7, 11) is 0. The lowest BCUT2D eigenvalue weighted by Crippen LogP contribution is -2.40. The van der Waals surface area contributed by atoms with Gasteiger partial charge < -0.3 is 14.7 Å². The van der Waals surface area contributed by atoms with Crippen molar-refractivity contribution in [3.05, 3.63) is 82.6 Å². The van der Waals surface area contributed by atoms with Crippen molar-refractivity contribution in [3.8, 4) is 11.5 Å². The van der Waals surface area contributed by atoms with E-state index in [0.717, 1.165) is 78.5 Å². The number of hydrogen-bond donors (Lipinski definition) is 1. The highest BCUT2D eigenvalue weighted by atomic mass is 32.2. The van der Waals surface area contributed by atoms with Gasteiger partial charge in [-0.05, 0) is 110 Å². The van der Waals surface area contributed by atoms with Crippen molar-refractivity contribution in [2.75, 3.05) is 32.1 Å². The molecule has 0 aromatic heterocycles. The molecule has 6 rings (SSSR count). The highest BCUT2D eigenvalue weighted by molar-refractivity contribution is 7.99. The Kier molecular flexibility index (Phi) is 8.25. The van der Waals surface area contributed by atoms with Gasteiger partial charge in [-0.3, -0.25) is 14.1 Å². The van der Waals surface area contributed by atoms with Crippen LogP contribution in [-0.2, 0) is 4.79 Å². The number of aromatic hydroxyl groups is 1. The summed E-state index contributed by atoms with van der Waals surface area (Å²) in [5.41, 5.74) is 7.12. The van der Waals surface area contributed by atoms with Gasteiger partial charge in [-0.15, -0.1) is 11.8 Å². The number of fused-ring (bicyclic) bond motifs is 2. The lowest BCUT2D eigenvalue weighted by molar-refractivity contribution is -0.130. The number of likely N-dealkylation sites (tertiary alicyclic amines) is 2. The Morgan fingerprint density at radius 3 is 2.74 bits per heavy atom. The van der Waals surface area contributed by atoms with Crippen LogP contribution in [0.2, 0.25) is 0 Å². The molecule has 1 amide bonds. The maximum absolute atomic E-state index is 12.6. The zero-order chi connectivity index (χ0) is 29.4. The van der Waals surface area contributed by atoms with E-state index in [-0.39, 0.29) is 30.0 Å². The van der Waals surface area contributed by atoms with Gasteiger partial charge in [-0.1, -0.05) is 18.2 Å². The second-order valence-electron chi connectivity index (χ2n) is 12.6. The Balaban J connectivity index is 1.33. The summed E-state index contributed by atoms with van der Waals surface area (Å²) in [4.78, 5) is 17.9.